The van der Waals surface area contributed by atoms with Crippen LogP contribution in [-0.4, -0.2) is 44.3 Å². The van der Waals surface area contributed by atoms with Crippen molar-refractivity contribution in [3.05, 3.63) is 11.6 Å². The fourth-order valence-corrected chi connectivity index (χ4v) is 2.94. The van der Waals surface area contributed by atoms with E-state index in [4.69, 9.17) is 10.2 Å². The maximum absolute atomic E-state index is 11.4. The zero-order chi connectivity index (χ0) is 17.2. The van der Waals surface area contributed by atoms with Crippen LogP contribution in [0.2, 0.25) is 0 Å². The van der Waals surface area contributed by atoms with E-state index >= 15 is 0 Å². The summed E-state index contributed by atoms with van der Waals surface area (Å²) in [5, 5.41) is 36.6. The summed E-state index contributed by atoms with van der Waals surface area (Å²) in [7, 11) is 0. The fraction of sp³-hybridized carbons (Fsp3) is 0.571. The number of carboxylic acid groups (broad SMARTS) is 4. The van der Waals surface area contributed by atoms with E-state index in [0.717, 1.165) is 0 Å². The standard InChI is InChI=1S/C14H18O8/c1-5-3-8(12(17)18)9(13(19)20)4-7(5)10(14(21)22)6(2)11(15)16/h3,6-10H,4H2,1-2H3,(H,15,16)(H,17,18)(H,19,20)(H,21,22). The lowest BCUT2D eigenvalue weighted by molar-refractivity contribution is -0.157. The molecule has 0 aromatic heterocycles. The van der Waals surface area contributed by atoms with E-state index in [1.807, 2.05) is 0 Å². The number of allylic oxidation sites excluding steroid dienone is 1. The first-order chi connectivity index (χ1) is 10.1. The van der Waals surface area contributed by atoms with Crippen molar-refractivity contribution in [3.63, 3.8) is 0 Å². The highest BCUT2D eigenvalue weighted by molar-refractivity contribution is 5.83. The molecule has 0 aromatic rings. The van der Waals surface area contributed by atoms with Crippen LogP contribution in [0.4, 0.5) is 0 Å². The summed E-state index contributed by atoms with van der Waals surface area (Å²) >= 11 is 0. The van der Waals surface area contributed by atoms with Gasteiger partial charge in [-0.05, 0) is 19.3 Å². The smallest absolute Gasteiger partial charge is 0.311 e. The van der Waals surface area contributed by atoms with Crippen LogP contribution in [0, 0.1) is 29.6 Å². The highest BCUT2D eigenvalue weighted by atomic mass is 16.4. The Morgan fingerprint density at radius 1 is 1.05 bits per heavy atom. The van der Waals surface area contributed by atoms with Crippen LogP contribution in [0.3, 0.4) is 0 Å². The van der Waals surface area contributed by atoms with E-state index < -0.39 is 53.5 Å². The molecule has 0 saturated heterocycles. The van der Waals surface area contributed by atoms with Gasteiger partial charge in [0.15, 0.2) is 0 Å². The number of carbonyl (C=O) groups is 4. The van der Waals surface area contributed by atoms with Crippen LogP contribution in [0.1, 0.15) is 20.3 Å². The van der Waals surface area contributed by atoms with Crippen LogP contribution in [0.5, 0.6) is 0 Å². The molecule has 0 amide bonds. The van der Waals surface area contributed by atoms with Crippen molar-refractivity contribution in [1.29, 1.82) is 0 Å². The lowest BCUT2D eigenvalue weighted by atomic mass is 9.67. The Morgan fingerprint density at radius 3 is 1.95 bits per heavy atom. The minimum absolute atomic E-state index is 0.219. The molecule has 8 heteroatoms. The first-order valence-corrected chi connectivity index (χ1v) is 6.67. The van der Waals surface area contributed by atoms with Gasteiger partial charge in [-0.3, -0.25) is 19.2 Å². The van der Waals surface area contributed by atoms with Gasteiger partial charge in [-0.15, -0.1) is 0 Å². The minimum Gasteiger partial charge on any atom is -0.481 e. The fourth-order valence-electron chi connectivity index (χ4n) is 2.94. The molecule has 4 N–H and O–H groups in total. The summed E-state index contributed by atoms with van der Waals surface area (Å²) in [6, 6.07) is 0. The number of hydrogen-bond donors (Lipinski definition) is 4. The van der Waals surface area contributed by atoms with E-state index in [2.05, 4.69) is 0 Å². The van der Waals surface area contributed by atoms with Crippen LogP contribution in [-0.2, 0) is 19.2 Å². The second-order valence-electron chi connectivity index (χ2n) is 5.55. The van der Waals surface area contributed by atoms with Crippen molar-refractivity contribution < 1.29 is 39.6 Å². The molecule has 0 spiro atoms. The van der Waals surface area contributed by atoms with Crippen molar-refractivity contribution in [1.82, 2.24) is 0 Å². The minimum atomic E-state index is -1.34. The first kappa shape index (κ1) is 17.7. The van der Waals surface area contributed by atoms with Gasteiger partial charge in [0.25, 0.3) is 0 Å². The summed E-state index contributed by atoms with van der Waals surface area (Å²) in [5.74, 6) is -11.2. The lowest BCUT2D eigenvalue weighted by Crippen LogP contribution is -2.41. The first-order valence-electron chi connectivity index (χ1n) is 6.67. The Labute approximate surface area is 126 Å². The van der Waals surface area contributed by atoms with E-state index in [1.54, 1.807) is 0 Å². The molecule has 0 radical (unpaired) electrons. The predicted molar refractivity (Wildman–Crippen MR) is 72.0 cm³/mol. The number of carboxylic acids is 4. The molecule has 0 aliphatic heterocycles. The van der Waals surface area contributed by atoms with E-state index in [9.17, 15) is 29.4 Å². The average molecular weight is 314 g/mol. The van der Waals surface area contributed by atoms with Crippen LogP contribution in [0.25, 0.3) is 0 Å². The molecule has 0 fully saturated rings. The third-order valence-corrected chi connectivity index (χ3v) is 4.22. The van der Waals surface area contributed by atoms with Gasteiger partial charge in [0, 0.05) is 0 Å². The molecule has 22 heavy (non-hydrogen) atoms. The molecule has 0 heterocycles. The van der Waals surface area contributed by atoms with Gasteiger partial charge in [-0.1, -0.05) is 18.6 Å². The van der Waals surface area contributed by atoms with Crippen molar-refractivity contribution in [2.75, 3.05) is 0 Å². The van der Waals surface area contributed by atoms with Gasteiger partial charge in [0.2, 0.25) is 0 Å². The molecule has 1 aliphatic rings. The summed E-state index contributed by atoms with van der Waals surface area (Å²) in [6.45, 7) is 2.75. The van der Waals surface area contributed by atoms with Crippen molar-refractivity contribution in [2.45, 2.75) is 20.3 Å². The average Bonchev–Trinajstić information content (AvgIpc) is 2.39. The van der Waals surface area contributed by atoms with Gasteiger partial charge < -0.3 is 20.4 Å². The SMILES string of the molecule is CC1=CC(C(=O)O)C(C(=O)O)CC1C(C(=O)O)C(C)C(=O)O. The maximum Gasteiger partial charge on any atom is 0.311 e. The Morgan fingerprint density at radius 2 is 1.59 bits per heavy atom. The molecule has 1 aliphatic carbocycles. The summed E-state index contributed by atoms with van der Waals surface area (Å²) in [5.41, 5.74) is 0.394. The van der Waals surface area contributed by atoms with Gasteiger partial charge in [-0.2, -0.15) is 0 Å². The predicted octanol–water partition coefficient (Wildman–Crippen LogP) is 0.776. The summed E-state index contributed by atoms with van der Waals surface area (Å²) < 4.78 is 0. The topological polar surface area (TPSA) is 149 Å². The highest BCUT2D eigenvalue weighted by Gasteiger charge is 2.45. The number of hydrogen-bond acceptors (Lipinski definition) is 4. The van der Waals surface area contributed by atoms with E-state index in [-0.39, 0.29) is 6.42 Å². The molecule has 5 unspecified atom stereocenters. The van der Waals surface area contributed by atoms with Gasteiger partial charge >= 0.3 is 23.9 Å². The molecule has 5 atom stereocenters. The molecular formula is C14H18O8. The number of aliphatic carboxylic acids is 4. The highest BCUT2D eigenvalue weighted by Crippen LogP contribution is 2.40. The van der Waals surface area contributed by atoms with E-state index in [0.29, 0.717) is 5.57 Å². The Hall–Kier alpha value is -2.38. The maximum atomic E-state index is 11.4. The van der Waals surface area contributed by atoms with Crippen LogP contribution in [0.15, 0.2) is 11.6 Å². The van der Waals surface area contributed by atoms with Gasteiger partial charge in [0.1, 0.15) is 0 Å². The third-order valence-electron chi connectivity index (χ3n) is 4.22. The van der Waals surface area contributed by atoms with Crippen molar-refractivity contribution in [2.24, 2.45) is 29.6 Å². The summed E-state index contributed by atoms with van der Waals surface area (Å²) in [4.78, 5) is 44.9. The number of rotatable bonds is 6. The zero-order valence-corrected chi connectivity index (χ0v) is 12.1. The van der Waals surface area contributed by atoms with Gasteiger partial charge in [0.05, 0.1) is 23.7 Å². The Balaban J connectivity index is 3.26. The molecule has 8 nitrogen and oxygen atoms in total. The molecule has 0 bridgehead atoms. The molecule has 0 saturated carbocycles. The molecule has 0 aromatic carbocycles. The van der Waals surface area contributed by atoms with Gasteiger partial charge in [-0.25, -0.2) is 0 Å². The largest absolute Gasteiger partial charge is 0.481 e. The third kappa shape index (κ3) is 3.44. The molecule has 1 rings (SSSR count). The second-order valence-corrected chi connectivity index (χ2v) is 5.55. The van der Waals surface area contributed by atoms with Crippen LogP contribution < -0.4 is 0 Å². The normalized spacial score (nSPS) is 27.4. The van der Waals surface area contributed by atoms with E-state index in [1.165, 1.54) is 19.9 Å². The second kappa shape index (κ2) is 6.59. The lowest BCUT2D eigenvalue weighted by Gasteiger charge is -2.35. The zero-order valence-electron chi connectivity index (χ0n) is 12.1. The monoisotopic (exact) mass is 314 g/mol. The van der Waals surface area contributed by atoms with Crippen LogP contribution >= 0.6 is 0 Å². The Kier molecular flexibility index (Phi) is 5.29. The van der Waals surface area contributed by atoms with Crippen molar-refractivity contribution >= 4 is 23.9 Å². The molecular weight excluding hydrogens is 296 g/mol. The summed E-state index contributed by atoms with van der Waals surface area (Å²) in [6.07, 6.45) is 1.00. The van der Waals surface area contributed by atoms with Crippen molar-refractivity contribution in [3.8, 4) is 0 Å². The quantitative estimate of drug-likeness (QED) is 0.525. The Bertz CT molecular complexity index is 535. The molecule has 122 valence electrons.